The van der Waals surface area contributed by atoms with Crippen LogP contribution in [0.15, 0.2) is 79.0 Å². The number of carbonyl (C=O) groups excluding carboxylic acids is 2. The number of anilines is 5. The molecule has 3 amide bonds. The van der Waals surface area contributed by atoms with Crippen molar-refractivity contribution < 1.29 is 14.0 Å². The quantitative estimate of drug-likeness (QED) is 0.221. The van der Waals surface area contributed by atoms with Gasteiger partial charge in [-0.25, -0.2) is 9.18 Å². The minimum absolute atomic E-state index is 0.153. The van der Waals surface area contributed by atoms with Gasteiger partial charge in [0.1, 0.15) is 5.82 Å². The van der Waals surface area contributed by atoms with Crippen LogP contribution < -0.4 is 21.3 Å². The van der Waals surface area contributed by atoms with Crippen LogP contribution >= 0.6 is 0 Å². The fourth-order valence-electron chi connectivity index (χ4n) is 3.88. The van der Waals surface area contributed by atoms with E-state index in [9.17, 15) is 14.0 Å². The van der Waals surface area contributed by atoms with E-state index in [0.717, 1.165) is 33.9 Å². The summed E-state index contributed by atoms with van der Waals surface area (Å²) in [6, 6.07) is 20.0. The van der Waals surface area contributed by atoms with Gasteiger partial charge in [-0.2, -0.15) is 0 Å². The first-order valence-corrected chi connectivity index (χ1v) is 11.0. The van der Waals surface area contributed by atoms with Gasteiger partial charge in [0, 0.05) is 40.2 Å². The molecule has 2 heterocycles. The molecule has 1 aromatic heterocycles. The number of carbonyl (C=O) groups is 2. The second-order valence-electron chi connectivity index (χ2n) is 8.20. The fraction of sp³-hybridized carbons (Fsp3) is 0.0370. The van der Waals surface area contributed by atoms with Crippen molar-refractivity contribution in [2.75, 3.05) is 21.3 Å². The fourth-order valence-corrected chi connectivity index (χ4v) is 3.88. The molecule has 0 bridgehead atoms. The molecule has 7 nitrogen and oxygen atoms in total. The van der Waals surface area contributed by atoms with Gasteiger partial charge in [-0.3, -0.25) is 4.79 Å². The molecule has 1 aliphatic rings. The summed E-state index contributed by atoms with van der Waals surface area (Å²) in [6.45, 7) is 1.99. The van der Waals surface area contributed by atoms with Crippen molar-refractivity contribution in [1.29, 1.82) is 0 Å². The Balaban J connectivity index is 1.28. The molecule has 35 heavy (non-hydrogen) atoms. The molecule has 1 aliphatic heterocycles. The average Bonchev–Trinajstić information content (AvgIpc) is 3.36. The van der Waals surface area contributed by atoms with Gasteiger partial charge in [-0.1, -0.05) is 18.2 Å². The largest absolute Gasteiger partial charge is 0.361 e. The summed E-state index contributed by atoms with van der Waals surface area (Å²) >= 11 is 0. The maximum atomic E-state index is 13.3. The lowest BCUT2D eigenvalue weighted by Crippen LogP contribution is -2.19. The third-order valence-corrected chi connectivity index (χ3v) is 5.44. The first-order valence-electron chi connectivity index (χ1n) is 11.0. The summed E-state index contributed by atoms with van der Waals surface area (Å²) in [5.41, 5.74) is 6.56. The molecule has 0 radical (unpaired) electrons. The highest BCUT2D eigenvalue weighted by molar-refractivity contribution is 6.35. The highest BCUT2D eigenvalue weighted by Crippen LogP contribution is 2.35. The minimum Gasteiger partial charge on any atom is -0.361 e. The minimum atomic E-state index is -0.482. The summed E-state index contributed by atoms with van der Waals surface area (Å²) in [5.74, 6) is -0.582. The summed E-state index contributed by atoms with van der Waals surface area (Å²) in [6.07, 6.45) is 3.73. The maximum Gasteiger partial charge on any atom is 0.323 e. The Bertz CT molecular complexity index is 1470. The Labute approximate surface area is 201 Å². The normalized spacial score (nSPS) is 13.3. The Morgan fingerprint density at radius 1 is 0.886 bits per heavy atom. The van der Waals surface area contributed by atoms with Gasteiger partial charge in [0.25, 0.3) is 5.91 Å². The van der Waals surface area contributed by atoms with Crippen LogP contribution in [0.25, 0.3) is 11.6 Å². The number of urea groups is 1. The zero-order valence-electron chi connectivity index (χ0n) is 18.8. The zero-order valence-corrected chi connectivity index (χ0v) is 18.8. The summed E-state index contributed by atoms with van der Waals surface area (Å²) in [4.78, 5) is 27.9. The first kappa shape index (κ1) is 22.0. The van der Waals surface area contributed by atoms with Gasteiger partial charge in [-0.05, 0) is 73.2 Å². The molecule has 0 saturated heterocycles. The van der Waals surface area contributed by atoms with Gasteiger partial charge >= 0.3 is 6.03 Å². The third kappa shape index (κ3) is 5.06. The lowest BCUT2D eigenvalue weighted by molar-refractivity contribution is -0.110. The van der Waals surface area contributed by atoms with E-state index in [2.05, 4.69) is 26.3 Å². The van der Waals surface area contributed by atoms with Crippen molar-refractivity contribution in [3.63, 3.8) is 0 Å². The molecular formula is C27H22FN5O2. The number of nitrogens with one attached hydrogen (secondary N) is 5. The number of benzene rings is 3. The van der Waals surface area contributed by atoms with E-state index in [1.54, 1.807) is 24.3 Å². The molecule has 0 fully saturated rings. The third-order valence-electron chi connectivity index (χ3n) is 5.44. The number of halogens is 1. The molecule has 4 aromatic rings. The van der Waals surface area contributed by atoms with E-state index in [1.165, 1.54) is 18.2 Å². The van der Waals surface area contributed by atoms with Crippen LogP contribution in [-0.2, 0) is 4.79 Å². The molecule has 0 atom stereocenters. The van der Waals surface area contributed by atoms with E-state index >= 15 is 0 Å². The number of H-pyrrole nitrogens is 1. The Morgan fingerprint density at radius 3 is 2.34 bits per heavy atom. The monoisotopic (exact) mass is 467 g/mol. The number of aromatic amines is 1. The SMILES string of the molecule is Cc1c[nH]c(/C=C2\C(=O)Nc3cc(Nc4cccc(NC(=O)Nc5cccc(F)c5)c4)ccc32)c1. The van der Waals surface area contributed by atoms with Crippen LogP contribution in [0.4, 0.5) is 37.6 Å². The van der Waals surface area contributed by atoms with Crippen LogP contribution in [-0.4, -0.2) is 16.9 Å². The van der Waals surface area contributed by atoms with E-state index in [-0.39, 0.29) is 5.91 Å². The number of hydrogen-bond acceptors (Lipinski definition) is 3. The topological polar surface area (TPSA) is 98.1 Å². The van der Waals surface area contributed by atoms with E-state index < -0.39 is 11.8 Å². The lowest BCUT2D eigenvalue weighted by atomic mass is 10.1. The number of rotatable bonds is 5. The van der Waals surface area contributed by atoms with Gasteiger partial charge < -0.3 is 26.3 Å². The molecule has 5 N–H and O–H groups in total. The van der Waals surface area contributed by atoms with Crippen LogP contribution in [0.1, 0.15) is 16.8 Å². The highest BCUT2D eigenvalue weighted by atomic mass is 19.1. The van der Waals surface area contributed by atoms with E-state index in [1.807, 2.05) is 49.5 Å². The average molecular weight is 468 g/mol. The van der Waals surface area contributed by atoms with Crippen molar-refractivity contribution in [2.24, 2.45) is 0 Å². The first-order chi connectivity index (χ1) is 16.9. The van der Waals surface area contributed by atoms with Crippen LogP contribution in [0, 0.1) is 12.7 Å². The predicted molar refractivity (Wildman–Crippen MR) is 137 cm³/mol. The van der Waals surface area contributed by atoms with Crippen molar-refractivity contribution in [3.05, 3.63) is 102 Å². The van der Waals surface area contributed by atoms with Gasteiger partial charge in [0.15, 0.2) is 0 Å². The van der Waals surface area contributed by atoms with Crippen LogP contribution in [0.2, 0.25) is 0 Å². The summed E-state index contributed by atoms with van der Waals surface area (Å²) < 4.78 is 13.3. The Morgan fingerprint density at radius 2 is 1.60 bits per heavy atom. The standard InChI is InChI=1S/C27H22FN5O2/c1-16-10-22(29-15-16)13-24-23-9-8-21(14-25(23)33-26(24)34)30-19-6-3-7-20(12-19)32-27(35)31-18-5-2-4-17(28)11-18/h2-15,29-30H,1H3,(H,33,34)(H2,31,32,35)/b24-13-. The number of aromatic nitrogens is 1. The number of hydrogen-bond donors (Lipinski definition) is 5. The molecule has 0 saturated carbocycles. The second-order valence-corrected chi connectivity index (χ2v) is 8.20. The Kier molecular flexibility index (Phi) is 5.76. The summed E-state index contributed by atoms with van der Waals surface area (Å²) in [5, 5.41) is 11.5. The van der Waals surface area contributed by atoms with E-state index in [4.69, 9.17) is 0 Å². The molecule has 0 aliphatic carbocycles. The lowest BCUT2D eigenvalue weighted by Gasteiger charge is -2.11. The van der Waals surface area contributed by atoms with Crippen LogP contribution in [0.3, 0.4) is 0 Å². The van der Waals surface area contributed by atoms with E-state index in [0.29, 0.717) is 16.9 Å². The maximum absolute atomic E-state index is 13.3. The molecule has 0 unspecified atom stereocenters. The van der Waals surface area contributed by atoms with Crippen LogP contribution in [0.5, 0.6) is 0 Å². The number of aryl methyl sites for hydroxylation is 1. The molecule has 174 valence electrons. The number of amides is 3. The highest BCUT2D eigenvalue weighted by Gasteiger charge is 2.24. The van der Waals surface area contributed by atoms with Gasteiger partial charge in [0.2, 0.25) is 0 Å². The van der Waals surface area contributed by atoms with Crippen molar-refractivity contribution in [3.8, 4) is 0 Å². The molecule has 0 spiro atoms. The van der Waals surface area contributed by atoms with Crippen molar-refractivity contribution in [1.82, 2.24) is 4.98 Å². The van der Waals surface area contributed by atoms with Gasteiger partial charge in [-0.15, -0.1) is 0 Å². The van der Waals surface area contributed by atoms with Crippen molar-refractivity contribution >= 4 is 52.0 Å². The second kappa shape index (κ2) is 9.18. The van der Waals surface area contributed by atoms with Gasteiger partial charge in [0.05, 0.1) is 11.3 Å². The molecular weight excluding hydrogens is 445 g/mol. The predicted octanol–water partition coefficient (Wildman–Crippen LogP) is 6.34. The Hall–Kier alpha value is -4.85. The summed E-state index contributed by atoms with van der Waals surface area (Å²) in [7, 11) is 0. The zero-order chi connectivity index (χ0) is 24.4. The molecule has 8 heteroatoms. The molecule has 5 rings (SSSR count). The molecule has 3 aromatic carbocycles. The smallest absolute Gasteiger partial charge is 0.323 e. The number of fused-ring (bicyclic) bond motifs is 1. The van der Waals surface area contributed by atoms with Crippen molar-refractivity contribution in [2.45, 2.75) is 6.92 Å².